The number of benzene rings is 1. The Morgan fingerprint density at radius 1 is 1.06 bits per heavy atom. The summed E-state index contributed by atoms with van der Waals surface area (Å²) in [7, 11) is 0. The number of nitrogens with one attached hydrogen (secondary N) is 1. The molecule has 0 aliphatic carbocycles. The first kappa shape index (κ1) is 21.5. The highest BCUT2D eigenvalue weighted by molar-refractivity contribution is 6.30. The van der Waals surface area contributed by atoms with Crippen molar-refractivity contribution < 1.29 is 9.53 Å². The molecule has 1 amide bonds. The van der Waals surface area contributed by atoms with Gasteiger partial charge in [0.05, 0.1) is 6.61 Å². The fraction of sp³-hybridized carbons (Fsp3) is 0.500. The molecule has 0 bridgehead atoms. The quantitative estimate of drug-likeness (QED) is 0.705. The predicted molar refractivity (Wildman–Crippen MR) is 122 cm³/mol. The molecule has 0 spiro atoms. The van der Waals surface area contributed by atoms with E-state index in [1.807, 2.05) is 29.2 Å². The minimum atomic E-state index is -0.444. The zero-order valence-electron chi connectivity index (χ0n) is 17.6. The maximum Gasteiger partial charge on any atom is 0.409 e. The Labute approximate surface area is 186 Å². The number of nitrogens with zero attached hydrogens (tertiary/aromatic N) is 3. The molecule has 8 nitrogen and oxygen atoms in total. The van der Waals surface area contributed by atoms with Gasteiger partial charge in [-0.2, -0.15) is 0 Å². The predicted octanol–water partition coefficient (Wildman–Crippen LogP) is 2.30. The third-order valence-corrected chi connectivity index (χ3v) is 6.26. The highest BCUT2D eigenvalue weighted by Gasteiger charge is 2.31. The molecule has 2 fully saturated rings. The minimum Gasteiger partial charge on any atom is -0.450 e. The SMILES string of the molecule is CCOC(=O)N1CCC(Nc2c(N3CCN(c4cccc(Cl)c4)CC3)c(=O)c2=O)CC1. The average molecular weight is 447 g/mol. The van der Waals surface area contributed by atoms with Crippen molar-refractivity contribution >= 4 is 34.8 Å². The molecular formula is C22H27ClN4O4. The number of likely N-dealkylation sites (tertiary alicyclic amines) is 1. The van der Waals surface area contributed by atoms with E-state index < -0.39 is 10.9 Å². The van der Waals surface area contributed by atoms with E-state index in [0.29, 0.717) is 62.0 Å². The van der Waals surface area contributed by atoms with Gasteiger partial charge in [-0.25, -0.2) is 4.79 Å². The Balaban J connectivity index is 1.36. The van der Waals surface area contributed by atoms with Crippen molar-refractivity contribution in [2.75, 3.05) is 61.0 Å². The fourth-order valence-corrected chi connectivity index (χ4v) is 4.49. The van der Waals surface area contributed by atoms with E-state index in [1.54, 1.807) is 11.8 Å². The van der Waals surface area contributed by atoms with Gasteiger partial charge >= 0.3 is 6.09 Å². The largest absolute Gasteiger partial charge is 0.450 e. The van der Waals surface area contributed by atoms with Gasteiger partial charge in [0.1, 0.15) is 11.4 Å². The first-order valence-electron chi connectivity index (χ1n) is 10.7. The number of ether oxygens (including phenoxy) is 1. The fourth-order valence-electron chi connectivity index (χ4n) is 4.30. The van der Waals surface area contributed by atoms with E-state index >= 15 is 0 Å². The number of anilines is 3. The van der Waals surface area contributed by atoms with Crippen LogP contribution in [-0.4, -0.2) is 62.9 Å². The van der Waals surface area contributed by atoms with Gasteiger partial charge in [0.2, 0.25) is 0 Å². The van der Waals surface area contributed by atoms with Gasteiger partial charge in [0.15, 0.2) is 0 Å². The summed E-state index contributed by atoms with van der Waals surface area (Å²) in [6, 6.07) is 7.79. The van der Waals surface area contributed by atoms with E-state index in [0.717, 1.165) is 18.8 Å². The number of hydrogen-bond acceptors (Lipinski definition) is 7. The second-order valence-electron chi connectivity index (χ2n) is 7.94. The van der Waals surface area contributed by atoms with E-state index in [4.69, 9.17) is 16.3 Å². The highest BCUT2D eigenvalue weighted by Crippen LogP contribution is 2.27. The maximum absolute atomic E-state index is 12.3. The normalized spacial score (nSPS) is 17.8. The van der Waals surface area contributed by atoms with Crippen molar-refractivity contribution in [2.45, 2.75) is 25.8 Å². The molecule has 2 heterocycles. The van der Waals surface area contributed by atoms with Gasteiger partial charge in [0.25, 0.3) is 10.9 Å². The van der Waals surface area contributed by atoms with Crippen LogP contribution in [0.25, 0.3) is 0 Å². The monoisotopic (exact) mass is 446 g/mol. The van der Waals surface area contributed by atoms with Gasteiger partial charge < -0.3 is 24.8 Å². The van der Waals surface area contributed by atoms with Crippen LogP contribution >= 0.6 is 11.6 Å². The molecule has 0 radical (unpaired) electrons. The second kappa shape index (κ2) is 9.18. The molecule has 2 aromatic rings. The van der Waals surface area contributed by atoms with Crippen molar-refractivity contribution in [3.8, 4) is 0 Å². The Morgan fingerprint density at radius 2 is 1.74 bits per heavy atom. The molecular weight excluding hydrogens is 420 g/mol. The lowest BCUT2D eigenvalue weighted by Gasteiger charge is -2.39. The van der Waals surface area contributed by atoms with Gasteiger partial charge in [-0.1, -0.05) is 17.7 Å². The molecule has 2 aliphatic heterocycles. The summed E-state index contributed by atoms with van der Waals surface area (Å²) >= 11 is 6.10. The first-order valence-corrected chi connectivity index (χ1v) is 11.1. The molecule has 9 heteroatoms. The summed E-state index contributed by atoms with van der Waals surface area (Å²) in [6.07, 6.45) is 1.12. The standard InChI is InChI=1S/C22H27ClN4O4/c1-2-31-22(30)27-8-6-16(7-9-27)24-18-19(21(29)20(18)28)26-12-10-25(11-13-26)17-5-3-4-15(23)14-17/h3-5,14,16,24H,2,6-13H2,1H3. The molecule has 0 aromatic heterocycles. The Bertz CT molecular complexity index is 1000. The number of rotatable bonds is 5. The zero-order chi connectivity index (χ0) is 22.0. The van der Waals surface area contributed by atoms with Crippen LogP contribution in [0.2, 0.25) is 5.02 Å². The van der Waals surface area contributed by atoms with Crippen LogP contribution in [0.1, 0.15) is 19.8 Å². The summed E-state index contributed by atoms with van der Waals surface area (Å²) in [5, 5.41) is 3.98. The summed E-state index contributed by atoms with van der Waals surface area (Å²) in [4.78, 5) is 42.4. The van der Waals surface area contributed by atoms with E-state index in [1.165, 1.54) is 0 Å². The van der Waals surface area contributed by atoms with Crippen LogP contribution in [0.15, 0.2) is 33.9 Å². The van der Waals surface area contributed by atoms with Gasteiger partial charge in [0, 0.05) is 56.0 Å². The Hall–Kier alpha value is -2.74. The first-order chi connectivity index (χ1) is 15.0. The topological polar surface area (TPSA) is 82.2 Å². The summed E-state index contributed by atoms with van der Waals surface area (Å²) in [6.45, 7) is 6.09. The lowest BCUT2D eigenvalue weighted by atomic mass is 10.0. The number of piperazine rings is 1. The van der Waals surface area contributed by atoms with Crippen molar-refractivity contribution in [1.29, 1.82) is 0 Å². The maximum atomic E-state index is 12.3. The van der Waals surface area contributed by atoms with E-state index in [2.05, 4.69) is 10.2 Å². The number of carbonyl (C=O) groups is 1. The molecule has 0 saturated carbocycles. The van der Waals surface area contributed by atoms with Crippen molar-refractivity contribution in [1.82, 2.24) is 4.90 Å². The molecule has 2 aliphatic rings. The number of halogens is 1. The Morgan fingerprint density at radius 3 is 2.39 bits per heavy atom. The van der Waals surface area contributed by atoms with Crippen molar-refractivity contribution in [3.05, 3.63) is 49.7 Å². The smallest absolute Gasteiger partial charge is 0.409 e. The molecule has 31 heavy (non-hydrogen) atoms. The minimum absolute atomic E-state index is 0.0560. The molecule has 1 N–H and O–H groups in total. The molecule has 0 unspecified atom stereocenters. The molecule has 0 atom stereocenters. The summed E-state index contributed by atoms with van der Waals surface area (Å²) < 4.78 is 5.05. The number of piperidine rings is 1. The van der Waals surface area contributed by atoms with Crippen LogP contribution in [0, 0.1) is 0 Å². The third-order valence-electron chi connectivity index (χ3n) is 6.02. The summed E-state index contributed by atoms with van der Waals surface area (Å²) in [5.74, 6) is 0. The number of hydrogen-bond donors (Lipinski definition) is 1. The van der Waals surface area contributed by atoms with E-state index in [9.17, 15) is 14.4 Å². The zero-order valence-corrected chi connectivity index (χ0v) is 18.4. The van der Waals surface area contributed by atoms with Gasteiger partial charge in [-0.15, -0.1) is 0 Å². The highest BCUT2D eigenvalue weighted by atomic mass is 35.5. The van der Waals surface area contributed by atoms with Crippen LogP contribution < -0.4 is 26.0 Å². The lowest BCUT2D eigenvalue weighted by Crippen LogP contribution is -2.52. The third kappa shape index (κ3) is 4.49. The number of carbonyl (C=O) groups excluding carboxylic acids is 1. The average Bonchev–Trinajstić information content (AvgIpc) is 2.79. The van der Waals surface area contributed by atoms with Gasteiger partial charge in [-0.05, 0) is 38.0 Å². The molecule has 2 saturated heterocycles. The molecule has 4 rings (SSSR count). The van der Waals surface area contributed by atoms with Crippen LogP contribution in [0.5, 0.6) is 0 Å². The van der Waals surface area contributed by atoms with Crippen LogP contribution in [-0.2, 0) is 4.74 Å². The number of amides is 1. The molecule has 2 aromatic carbocycles. The second-order valence-corrected chi connectivity index (χ2v) is 8.38. The van der Waals surface area contributed by atoms with E-state index in [-0.39, 0.29) is 12.1 Å². The van der Waals surface area contributed by atoms with Crippen molar-refractivity contribution in [3.63, 3.8) is 0 Å². The van der Waals surface area contributed by atoms with Crippen molar-refractivity contribution in [2.24, 2.45) is 0 Å². The van der Waals surface area contributed by atoms with Gasteiger partial charge in [-0.3, -0.25) is 9.59 Å². The van der Waals surface area contributed by atoms with Crippen LogP contribution in [0.3, 0.4) is 0 Å². The summed E-state index contributed by atoms with van der Waals surface area (Å²) in [5.41, 5.74) is 1.13. The lowest BCUT2D eigenvalue weighted by molar-refractivity contribution is 0.0983. The molecule has 166 valence electrons. The Kier molecular flexibility index (Phi) is 6.36. The van der Waals surface area contributed by atoms with Crippen LogP contribution in [0.4, 0.5) is 21.9 Å².